The molecule has 19 heavy (non-hydrogen) atoms. The molecule has 0 spiro atoms. The highest BCUT2D eigenvalue weighted by molar-refractivity contribution is 5.36. The molecule has 0 saturated carbocycles. The molecule has 1 N–H and O–H groups in total. The van der Waals surface area contributed by atoms with Gasteiger partial charge in [-0.2, -0.15) is 0 Å². The maximum Gasteiger partial charge on any atom is 0.0208 e. The van der Waals surface area contributed by atoms with Gasteiger partial charge in [-0.25, -0.2) is 0 Å². The van der Waals surface area contributed by atoms with Gasteiger partial charge in [-0.3, -0.25) is 0 Å². The molecule has 0 saturated heterocycles. The van der Waals surface area contributed by atoms with Gasteiger partial charge in [0.05, 0.1) is 0 Å². The standard InChI is InChI=1S/C18H23N/c1-14-11-16(3)18(12-15(14)2)13-19-10-9-17-7-5-4-6-8-17/h4-8,11-12,19H,9-10,13H2,1-3H3. The van der Waals surface area contributed by atoms with Crippen molar-refractivity contribution in [3.63, 3.8) is 0 Å². The van der Waals surface area contributed by atoms with E-state index in [-0.39, 0.29) is 0 Å². The Kier molecular flexibility index (Phi) is 4.75. The Labute approximate surface area is 116 Å². The van der Waals surface area contributed by atoms with Gasteiger partial charge in [0.25, 0.3) is 0 Å². The summed E-state index contributed by atoms with van der Waals surface area (Å²) in [6, 6.07) is 15.2. The topological polar surface area (TPSA) is 12.0 Å². The summed E-state index contributed by atoms with van der Waals surface area (Å²) in [5.74, 6) is 0. The first-order chi connectivity index (χ1) is 9.16. The zero-order valence-electron chi connectivity index (χ0n) is 12.2. The second kappa shape index (κ2) is 6.53. The van der Waals surface area contributed by atoms with Gasteiger partial charge in [-0.1, -0.05) is 42.5 Å². The number of benzene rings is 2. The summed E-state index contributed by atoms with van der Waals surface area (Å²) in [6.07, 6.45) is 1.09. The van der Waals surface area contributed by atoms with Gasteiger partial charge in [0, 0.05) is 6.54 Å². The largest absolute Gasteiger partial charge is 0.312 e. The minimum Gasteiger partial charge on any atom is -0.312 e. The Bertz CT molecular complexity index is 529. The van der Waals surface area contributed by atoms with Gasteiger partial charge in [-0.15, -0.1) is 0 Å². The third-order valence-electron chi connectivity index (χ3n) is 3.70. The average molecular weight is 253 g/mol. The first kappa shape index (κ1) is 13.8. The molecule has 1 heteroatoms. The summed E-state index contributed by atoms with van der Waals surface area (Å²) in [5, 5.41) is 3.54. The van der Waals surface area contributed by atoms with Crippen LogP contribution in [0.15, 0.2) is 42.5 Å². The third kappa shape index (κ3) is 3.93. The normalized spacial score (nSPS) is 10.7. The zero-order valence-corrected chi connectivity index (χ0v) is 12.2. The summed E-state index contributed by atoms with van der Waals surface area (Å²) in [6.45, 7) is 8.54. The fraction of sp³-hybridized carbons (Fsp3) is 0.333. The summed E-state index contributed by atoms with van der Waals surface area (Å²) >= 11 is 0. The van der Waals surface area contributed by atoms with Gasteiger partial charge in [0.1, 0.15) is 0 Å². The highest BCUT2D eigenvalue weighted by Crippen LogP contribution is 2.15. The second-order valence-corrected chi connectivity index (χ2v) is 5.28. The molecule has 0 radical (unpaired) electrons. The van der Waals surface area contributed by atoms with Crippen LogP contribution in [0.3, 0.4) is 0 Å². The van der Waals surface area contributed by atoms with E-state index in [1.54, 1.807) is 0 Å². The number of rotatable bonds is 5. The molecule has 0 aliphatic rings. The first-order valence-corrected chi connectivity index (χ1v) is 6.98. The predicted octanol–water partition coefficient (Wildman–Crippen LogP) is 3.94. The molecule has 0 aliphatic carbocycles. The number of nitrogens with one attached hydrogen (secondary N) is 1. The van der Waals surface area contributed by atoms with E-state index >= 15 is 0 Å². The summed E-state index contributed by atoms with van der Waals surface area (Å²) < 4.78 is 0. The van der Waals surface area contributed by atoms with E-state index in [0.717, 1.165) is 19.5 Å². The average Bonchev–Trinajstić information content (AvgIpc) is 2.41. The lowest BCUT2D eigenvalue weighted by Crippen LogP contribution is -2.17. The van der Waals surface area contributed by atoms with Crippen LogP contribution in [0, 0.1) is 20.8 Å². The van der Waals surface area contributed by atoms with Crippen molar-refractivity contribution in [2.24, 2.45) is 0 Å². The fourth-order valence-electron chi connectivity index (χ4n) is 2.31. The van der Waals surface area contributed by atoms with Crippen molar-refractivity contribution < 1.29 is 0 Å². The predicted molar refractivity (Wildman–Crippen MR) is 82.5 cm³/mol. The smallest absolute Gasteiger partial charge is 0.0208 e. The quantitative estimate of drug-likeness (QED) is 0.796. The maximum atomic E-state index is 3.54. The minimum absolute atomic E-state index is 0.958. The zero-order chi connectivity index (χ0) is 13.7. The molecule has 0 heterocycles. The Morgan fingerprint density at radius 2 is 1.53 bits per heavy atom. The summed E-state index contributed by atoms with van der Waals surface area (Å²) in [7, 11) is 0. The highest BCUT2D eigenvalue weighted by atomic mass is 14.8. The van der Waals surface area contributed by atoms with E-state index in [1.807, 2.05) is 0 Å². The van der Waals surface area contributed by atoms with Crippen molar-refractivity contribution in [2.45, 2.75) is 33.7 Å². The molecular weight excluding hydrogens is 230 g/mol. The molecule has 0 unspecified atom stereocenters. The number of hydrogen-bond donors (Lipinski definition) is 1. The first-order valence-electron chi connectivity index (χ1n) is 6.98. The van der Waals surface area contributed by atoms with Crippen LogP contribution in [0.5, 0.6) is 0 Å². The number of hydrogen-bond acceptors (Lipinski definition) is 1. The lowest BCUT2D eigenvalue weighted by atomic mass is 10.0. The maximum absolute atomic E-state index is 3.54. The van der Waals surface area contributed by atoms with E-state index in [0.29, 0.717) is 0 Å². The molecule has 2 rings (SSSR count). The Balaban J connectivity index is 1.85. The molecule has 2 aromatic rings. The van der Waals surface area contributed by atoms with E-state index in [1.165, 1.54) is 27.8 Å². The van der Waals surface area contributed by atoms with Crippen LogP contribution in [0.25, 0.3) is 0 Å². The summed E-state index contributed by atoms with van der Waals surface area (Å²) in [4.78, 5) is 0. The fourth-order valence-corrected chi connectivity index (χ4v) is 2.31. The van der Waals surface area contributed by atoms with Gasteiger partial charge < -0.3 is 5.32 Å². The van der Waals surface area contributed by atoms with Crippen LogP contribution in [0.1, 0.15) is 27.8 Å². The van der Waals surface area contributed by atoms with Crippen molar-refractivity contribution in [1.82, 2.24) is 5.32 Å². The molecule has 0 amide bonds. The van der Waals surface area contributed by atoms with Crippen LogP contribution in [-0.4, -0.2) is 6.54 Å². The van der Waals surface area contributed by atoms with Crippen LogP contribution in [0.2, 0.25) is 0 Å². The SMILES string of the molecule is Cc1cc(C)c(CNCCc2ccccc2)cc1C. The van der Waals surface area contributed by atoms with E-state index in [2.05, 4.69) is 68.6 Å². The van der Waals surface area contributed by atoms with E-state index < -0.39 is 0 Å². The van der Waals surface area contributed by atoms with Crippen LogP contribution in [-0.2, 0) is 13.0 Å². The second-order valence-electron chi connectivity index (χ2n) is 5.28. The van der Waals surface area contributed by atoms with Gasteiger partial charge in [0.15, 0.2) is 0 Å². The van der Waals surface area contributed by atoms with Crippen molar-refractivity contribution in [3.05, 3.63) is 70.3 Å². The molecule has 0 aliphatic heterocycles. The van der Waals surface area contributed by atoms with E-state index in [4.69, 9.17) is 0 Å². The monoisotopic (exact) mass is 253 g/mol. The third-order valence-corrected chi connectivity index (χ3v) is 3.70. The molecule has 0 atom stereocenters. The van der Waals surface area contributed by atoms with Crippen LogP contribution in [0.4, 0.5) is 0 Å². The highest BCUT2D eigenvalue weighted by Gasteiger charge is 2.01. The lowest BCUT2D eigenvalue weighted by molar-refractivity contribution is 0.684. The molecule has 0 fully saturated rings. The van der Waals surface area contributed by atoms with Crippen LogP contribution >= 0.6 is 0 Å². The van der Waals surface area contributed by atoms with Crippen molar-refractivity contribution in [3.8, 4) is 0 Å². The molecule has 0 aromatic heterocycles. The van der Waals surface area contributed by atoms with Crippen molar-refractivity contribution in [2.75, 3.05) is 6.54 Å². The Morgan fingerprint density at radius 1 is 0.842 bits per heavy atom. The summed E-state index contributed by atoms with van der Waals surface area (Å²) in [5.41, 5.74) is 6.95. The molecule has 0 bridgehead atoms. The molecule has 100 valence electrons. The Morgan fingerprint density at radius 3 is 2.26 bits per heavy atom. The van der Waals surface area contributed by atoms with Crippen molar-refractivity contribution in [1.29, 1.82) is 0 Å². The van der Waals surface area contributed by atoms with Crippen LogP contribution < -0.4 is 5.32 Å². The molecular formula is C18H23N. The molecule has 2 aromatic carbocycles. The molecule has 1 nitrogen and oxygen atoms in total. The number of aryl methyl sites for hydroxylation is 3. The minimum atomic E-state index is 0.958. The van der Waals surface area contributed by atoms with E-state index in [9.17, 15) is 0 Å². The van der Waals surface area contributed by atoms with Gasteiger partial charge in [0.2, 0.25) is 0 Å². The van der Waals surface area contributed by atoms with Gasteiger partial charge >= 0.3 is 0 Å². The van der Waals surface area contributed by atoms with Crippen molar-refractivity contribution >= 4 is 0 Å². The Hall–Kier alpha value is -1.60. The van der Waals surface area contributed by atoms with Gasteiger partial charge in [-0.05, 0) is 61.6 Å². The lowest BCUT2D eigenvalue weighted by Gasteiger charge is -2.11.